The monoisotopic (exact) mass is 320 g/mol. The van der Waals surface area contributed by atoms with E-state index in [2.05, 4.69) is 21.6 Å². The summed E-state index contributed by atoms with van der Waals surface area (Å²) in [7, 11) is 0. The first-order chi connectivity index (χ1) is 11.6. The standard InChI is InChI=1S/C18H16N4O2/c1-12(18-22-21-13(2)23-18)20-15-6-8-16(9-7-15)24-17-5-3-4-14(10-17)11-19/h3-10,12,20H,1-2H3. The number of ether oxygens (including phenoxy) is 1. The molecule has 3 aromatic rings. The number of hydrogen-bond acceptors (Lipinski definition) is 6. The summed E-state index contributed by atoms with van der Waals surface area (Å²) >= 11 is 0. The Morgan fingerprint density at radius 2 is 1.92 bits per heavy atom. The number of nitrogens with zero attached hydrogens (tertiary/aromatic N) is 3. The van der Waals surface area contributed by atoms with Gasteiger partial charge in [0.2, 0.25) is 11.8 Å². The van der Waals surface area contributed by atoms with Crippen molar-refractivity contribution in [2.75, 3.05) is 5.32 Å². The van der Waals surface area contributed by atoms with Gasteiger partial charge < -0.3 is 14.5 Å². The largest absolute Gasteiger partial charge is 0.457 e. The second-order valence-corrected chi connectivity index (χ2v) is 5.29. The first-order valence-corrected chi connectivity index (χ1v) is 7.48. The van der Waals surface area contributed by atoms with E-state index >= 15 is 0 Å². The molecule has 0 aliphatic heterocycles. The van der Waals surface area contributed by atoms with Gasteiger partial charge in [0.05, 0.1) is 11.6 Å². The van der Waals surface area contributed by atoms with E-state index in [1.807, 2.05) is 37.3 Å². The Kier molecular flexibility index (Phi) is 4.43. The molecule has 0 aliphatic rings. The lowest BCUT2D eigenvalue weighted by molar-refractivity contribution is 0.451. The predicted molar refractivity (Wildman–Crippen MR) is 88.7 cm³/mol. The Balaban J connectivity index is 1.66. The minimum absolute atomic E-state index is 0.0923. The molecule has 1 unspecified atom stereocenters. The van der Waals surface area contributed by atoms with E-state index in [-0.39, 0.29) is 6.04 Å². The highest BCUT2D eigenvalue weighted by Crippen LogP contribution is 2.25. The third-order valence-corrected chi connectivity index (χ3v) is 3.35. The maximum Gasteiger partial charge on any atom is 0.238 e. The molecule has 0 saturated heterocycles. The number of aryl methyl sites for hydroxylation is 1. The summed E-state index contributed by atoms with van der Waals surface area (Å²) in [6.07, 6.45) is 0. The molecule has 120 valence electrons. The SMILES string of the molecule is Cc1nnc(C(C)Nc2ccc(Oc3cccc(C#N)c3)cc2)o1. The van der Waals surface area contributed by atoms with E-state index < -0.39 is 0 Å². The molecule has 6 heteroatoms. The van der Waals surface area contributed by atoms with Gasteiger partial charge in [-0.2, -0.15) is 5.26 Å². The van der Waals surface area contributed by atoms with E-state index in [0.29, 0.717) is 28.8 Å². The first-order valence-electron chi connectivity index (χ1n) is 7.48. The van der Waals surface area contributed by atoms with Crippen molar-refractivity contribution in [3.05, 3.63) is 65.9 Å². The van der Waals surface area contributed by atoms with E-state index in [0.717, 1.165) is 5.69 Å². The Morgan fingerprint density at radius 1 is 1.12 bits per heavy atom. The van der Waals surface area contributed by atoms with Crippen LogP contribution < -0.4 is 10.1 Å². The molecule has 1 heterocycles. The van der Waals surface area contributed by atoms with Gasteiger partial charge in [0.1, 0.15) is 17.5 Å². The van der Waals surface area contributed by atoms with Gasteiger partial charge in [-0.3, -0.25) is 0 Å². The molecular weight excluding hydrogens is 304 g/mol. The lowest BCUT2D eigenvalue weighted by atomic mass is 10.2. The number of benzene rings is 2. The third-order valence-electron chi connectivity index (χ3n) is 3.35. The van der Waals surface area contributed by atoms with Crippen LogP contribution in [0.3, 0.4) is 0 Å². The fourth-order valence-corrected chi connectivity index (χ4v) is 2.18. The third kappa shape index (κ3) is 3.70. The van der Waals surface area contributed by atoms with E-state index in [1.54, 1.807) is 25.1 Å². The second-order valence-electron chi connectivity index (χ2n) is 5.29. The van der Waals surface area contributed by atoms with Crippen LogP contribution in [0.15, 0.2) is 52.9 Å². The Hall–Kier alpha value is -3.33. The van der Waals surface area contributed by atoms with Gasteiger partial charge in [0.25, 0.3) is 0 Å². The first kappa shape index (κ1) is 15.6. The summed E-state index contributed by atoms with van der Waals surface area (Å²) in [4.78, 5) is 0. The van der Waals surface area contributed by atoms with Crippen LogP contribution in [0.5, 0.6) is 11.5 Å². The molecule has 1 N–H and O–H groups in total. The van der Waals surface area contributed by atoms with Crippen molar-refractivity contribution in [3.63, 3.8) is 0 Å². The predicted octanol–water partition coefficient (Wildman–Crippen LogP) is 4.22. The number of rotatable bonds is 5. The molecule has 0 amide bonds. The van der Waals surface area contributed by atoms with E-state index in [1.165, 1.54) is 0 Å². The molecule has 24 heavy (non-hydrogen) atoms. The van der Waals surface area contributed by atoms with E-state index in [4.69, 9.17) is 14.4 Å². The highest BCUT2D eigenvalue weighted by atomic mass is 16.5. The molecule has 2 aromatic carbocycles. The zero-order valence-electron chi connectivity index (χ0n) is 13.4. The molecule has 3 rings (SSSR count). The minimum atomic E-state index is -0.0923. The Morgan fingerprint density at radius 3 is 2.58 bits per heavy atom. The van der Waals surface area contributed by atoms with Gasteiger partial charge in [-0.1, -0.05) is 6.07 Å². The molecule has 0 radical (unpaired) electrons. The number of anilines is 1. The number of nitriles is 1. The molecule has 0 aliphatic carbocycles. The number of hydrogen-bond donors (Lipinski definition) is 1. The van der Waals surface area contributed by atoms with Crippen molar-refractivity contribution in [2.24, 2.45) is 0 Å². The topological polar surface area (TPSA) is 84.0 Å². The fraction of sp³-hybridized carbons (Fsp3) is 0.167. The smallest absolute Gasteiger partial charge is 0.238 e. The molecular formula is C18H16N4O2. The molecule has 0 fully saturated rings. The molecule has 0 saturated carbocycles. The van der Waals surface area contributed by atoms with Crippen molar-refractivity contribution >= 4 is 5.69 Å². The average molecular weight is 320 g/mol. The number of nitrogens with one attached hydrogen (secondary N) is 1. The van der Waals surface area contributed by atoms with Gasteiger partial charge in [0, 0.05) is 12.6 Å². The molecule has 0 spiro atoms. The van der Waals surface area contributed by atoms with Crippen LogP contribution in [0.4, 0.5) is 5.69 Å². The van der Waals surface area contributed by atoms with Gasteiger partial charge in [-0.05, 0) is 49.4 Å². The van der Waals surface area contributed by atoms with Gasteiger partial charge in [-0.25, -0.2) is 0 Å². The van der Waals surface area contributed by atoms with Crippen LogP contribution >= 0.6 is 0 Å². The van der Waals surface area contributed by atoms with Crippen molar-refractivity contribution in [3.8, 4) is 17.6 Å². The molecule has 0 bridgehead atoms. The maximum absolute atomic E-state index is 8.91. The summed E-state index contributed by atoms with van der Waals surface area (Å²) < 4.78 is 11.2. The van der Waals surface area contributed by atoms with Crippen LogP contribution in [0.1, 0.15) is 30.3 Å². The number of aromatic nitrogens is 2. The Labute approximate surface area is 139 Å². The summed E-state index contributed by atoms with van der Waals surface area (Å²) in [5, 5.41) is 20.0. The van der Waals surface area contributed by atoms with Crippen LogP contribution in [0, 0.1) is 18.3 Å². The molecule has 1 atom stereocenters. The van der Waals surface area contributed by atoms with Crippen molar-refractivity contribution < 1.29 is 9.15 Å². The second kappa shape index (κ2) is 6.84. The van der Waals surface area contributed by atoms with Crippen LogP contribution in [-0.2, 0) is 0 Å². The van der Waals surface area contributed by atoms with Crippen LogP contribution in [0.2, 0.25) is 0 Å². The summed E-state index contributed by atoms with van der Waals surface area (Å²) in [5.41, 5.74) is 1.48. The van der Waals surface area contributed by atoms with Crippen LogP contribution in [0.25, 0.3) is 0 Å². The highest BCUT2D eigenvalue weighted by Gasteiger charge is 2.12. The minimum Gasteiger partial charge on any atom is -0.457 e. The average Bonchev–Trinajstić information content (AvgIpc) is 3.03. The lowest BCUT2D eigenvalue weighted by Gasteiger charge is -2.12. The summed E-state index contributed by atoms with van der Waals surface area (Å²) in [6.45, 7) is 3.71. The van der Waals surface area contributed by atoms with E-state index in [9.17, 15) is 0 Å². The van der Waals surface area contributed by atoms with Crippen LogP contribution in [-0.4, -0.2) is 10.2 Å². The highest BCUT2D eigenvalue weighted by molar-refractivity contribution is 5.48. The Bertz CT molecular complexity index is 865. The summed E-state index contributed by atoms with van der Waals surface area (Å²) in [5.74, 6) is 2.41. The van der Waals surface area contributed by atoms with Crippen molar-refractivity contribution in [1.29, 1.82) is 5.26 Å². The molecule has 1 aromatic heterocycles. The molecule has 6 nitrogen and oxygen atoms in total. The maximum atomic E-state index is 8.91. The van der Waals surface area contributed by atoms with Gasteiger partial charge >= 0.3 is 0 Å². The quantitative estimate of drug-likeness (QED) is 0.758. The van der Waals surface area contributed by atoms with Crippen molar-refractivity contribution in [2.45, 2.75) is 19.9 Å². The normalized spacial score (nSPS) is 11.5. The van der Waals surface area contributed by atoms with Gasteiger partial charge in [-0.15, -0.1) is 10.2 Å². The zero-order valence-corrected chi connectivity index (χ0v) is 13.4. The fourth-order valence-electron chi connectivity index (χ4n) is 2.18. The summed E-state index contributed by atoms with van der Waals surface area (Å²) in [6, 6.07) is 16.6. The zero-order chi connectivity index (χ0) is 16.9. The lowest BCUT2D eigenvalue weighted by Crippen LogP contribution is -2.06. The van der Waals surface area contributed by atoms with Crippen molar-refractivity contribution in [1.82, 2.24) is 10.2 Å². The van der Waals surface area contributed by atoms with Gasteiger partial charge in [0.15, 0.2) is 0 Å².